The molecule has 2 nitrogen and oxygen atoms in total. The maximum atomic E-state index is 13.0. The maximum absolute atomic E-state index is 13.0. The topological polar surface area (TPSA) is 38.9 Å². The molecule has 4 heteroatoms. The van der Waals surface area contributed by atoms with E-state index in [2.05, 4.69) is 4.98 Å². The zero-order chi connectivity index (χ0) is 12.7. The Kier molecular flexibility index (Phi) is 6.65. The lowest BCUT2D eigenvalue weighted by Crippen LogP contribution is -1.84. The number of hydrogen-bond acceptors (Lipinski definition) is 3. The molecule has 1 heterocycles. The number of thiazole rings is 1. The third-order valence-corrected chi connectivity index (χ3v) is 2.61. The SMILES string of the molecule is CC.CC.Cc1c(F)ccc2sc(N)nc12. The lowest BCUT2D eigenvalue weighted by molar-refractivity contribution is 0.620. The second kappa shape index (κ2) is 7.17. The van der Waals surface area contributed by atoms with Gasteiger partial charge in [0.1, 0.15) is 5.82 Å². The van der Waals surface area contributed by atoms with E-state index in [1.165, 1.54) is 17.4 Å². The van der Waals surface area contributed by atoms with Crippen LogP contribution in [0.3, 0.4) is 0 Å². The summed E-state index contributed by atoms with van der Waals surface area (Å²) in [5.74, 6) is -0.229. The summed E-state index contributed by atoms with van der Waals surface area (Å²) in [6, 6.07) is 3.14. The molecule has 0 bridgehead atoms. The van der Waals surface area contributed by atoms with E-state index in [1.54, 1.807) is 13.0 Å². The lowest BCUT2D eigenvalue weighted by Gasteiger charge is -1.94. The summed E-state index contributed by atoms with van der Waals surface area (Å²) < 4.78 is 13.9. The summed E-state index contributed by atoms with van der Waals surface area (Å²) in [7, 11) is 0. The molecule has 2 aromatic rings. The van der Waals surface area contributed by atoms with Crippen molar-refractivity contribution in [2.75, 3.05) is 5.73 Å². The molecule has 0 unspecified atom stereocenters. The van der Waals surface area contributed by atoms with E-state index in [1.807, 2.05) is 27.7 Å². The molecule has 0 aliphatic rings. The largest absolute Gasteiger partial charge is 0.375 e. The molecule has 0 spiro atoms. The smallest absolute Gasteiger partial charge is 0.181 e. The maximum Gasteiger partial charge on any atom is 0.181 e. The second-order valence-electron chi connectivity index (χ2n) is 2.57. The predicted molar refractivity (Wildman–Crippen MR) is 71.4 cm³/mol. The summed E-state index contributed by atoms with van der Waals surface area (Å²) in [4.78, 5) is 4.03. The van der Waals surface area contributed by atoms with Crippen LogP contribution in [0.25, 0.3) is 10.2 Å². The fraction of sp³-hybridized carbons (Fsp3) is 0.417. The first-order valence-electron chi connectivity index (χ1n) is 5.49. The lowest BCUT2D eigenvalue weighted by atomic mass is 10.2. The van der Waals surface area contributed by atoms with Crippen LogP contribution < -0.4 is 5.73 Å². The Labute approximate surface area is 100 Å². The highest BCUT2D eigenvalue weighted by molar-refractivity contribution is 7.22. The van der Waals surface area contributed by atoms with Crippen molar-refractivity contribution >= 4 is 26.7 Å². The van der Waals surface area contributed by atoms with Gasteiger partial charge in [0.15, 0.2) is 5.13 Å². The number of hydrogen-bond donors (Lipinski definition) is 1. The van der Waals surface area contributed by atoms with Gasteiger partial charge in [0.05, 0.1) is 10.2 Å². The van der Waals surface area contributed by atoms with Gasteiger partial charge in [0, 0.05) is 5.56 Å². The molecule has 0 aliphatic heterocycles. The van der Waals surface area contributed by atoms with Gasteiger partial charge in [-0.3, -0.25) is 0 Å². The summed E-state index contributed by atoms with van der Waals surface area (Å²) in [6.07, 6.45) is 0. The van der Waals surface area contributed by atoms with Gasteiger partial charge in [-0.2, -0.15) is 0 Å². The predicted octanol–water partition coefficient (Wildman–Crippen LogP) is 4.38. The van der Waals surface area contributed by atoms with E-state index in [0.717, 1.165) is 4.70 Å². The second-order valence-corrected chi connectivity index (χ2v) is 3.63. The third-order valence-electron chi connectivity index (χ3n) is 1.76. The highest BCUT2D eigenvalue weighted by Crippen LogP contribution is 2.27. The Morgan fingerprint density at radius 3 is 2.31 bits per heavy atom. The number of nitrogen functional groups attached to an aromatic ring is 1. The number of aryl methyl sites for hydroxylation is 1. The number of anilines is 1. The number of aromatic nitrogens is 1. The molecule has 2 N–H and O–H groups in total. The van der Waals surface area contributed by atoms with Gasteiger partial charge in [-0.05, 0) is 19.1 Å². The molecule has 0 aliphatic carbocycles. The monoisotopic (exact) mass is 242 g/mol. The first-order chi connectivity index (χ1) is 7.68. The fourth-order valence-electron chi connectivity index (χ4n) is 1.12. The van der Waals surface area contributed by atoms with Crippen molar-refractivity contribution < 1.29 is 4.39 Å². The molecule has 0 saturated heterocycles. The molecule has 2 rings (SSSR count). The van der Waals surface area contributed by atoms with Crippen molar-refractivity contribution in [3.8, 4) is 0 Å². The summed E-state index contributed by atoms with van der Waals surface area (Å²) in [5, 5.41) is 0.485. The van der Waals surface area contributed by atoms with Crippen LogP contribution in [0.15, 0.2) is 12.1 Å². The van der Waals surface area contributed by atoms with E-state index in [0.29, 0.717) is 16.2 Å². The zero-order valence-electron chi connectivity index (χ0n) is 10.5. The van der Waals surface area contributed by atoms with Crippen LogP contribution in [-0.2, 0) is 0 Å². The normalized spacial score (nSPS) is 8.88. The van der Waals surface area contributed by atoms with Crippen molar-refractivity contribution in [3.63, 3.8) is 0 Å². The number of nitrogens with zero attached hydrogens (tertiary/aromatic N) is 1. The first-order valence-corrected chi connectivity index (χ1v) is 6.31. The molecule has 1 aromatic carbocycles. The molecule has 90 valence electrons. The molecule has 1 aromatic heterocycles. The van der Waals surface area contributed by atoms with Crippen LogP contribution in [0, 0.1) is 12.7 Å². The Morgan fingerprint density at radius 1 is 1.19 bits per heavy atom. The fourth-order valence-corrected chi connectivity index (χ4v) is 1.91. The highest BCUT2D eigenvalue weighted by atomic mass is 32.1. The van der Waals surface area contributed by atoms with Crippen molar-refractivity contribution in [1.29, 1.82) is 0 Å². The minimum atomic E-state index is -0.229. The Hall–Kier alpha value is -1.16. The Bertz CT molecular complexity index is 438. The molecule has 0 radical (unpaired) electrons. The number of benzene rings is 1. The van der Waals surface area contributed by atoms with Gasteiger partial charge in [-0.1, -0.05) is 39.0 Å². The van der Waals surface area contributed by atoms with E-state index in [9.17, 15) is 4.39 Å². The van der Waals surface area contributed by atoms with Gasteiger partial charge < -0.3 is 5.73 Å². The zero-order valence-corrected chi connectivity index (χ0v) is 11.3. The first kappa shape index (κ1) is 14.8. The van der Waals surface area contributed by atoms with Gasteiger partial charge in [0.25, 0.3) is 0 Å². The van der Waals surface area contributed by atoms with Gasteiger partial charge in [-0.25, -0.2) is 9.37 Å². The molecule has 0 atom stereocenters. The standard InChI is InChI=1S/C8H7FN2S.2C2H6/c1-4-5(9)2-3-6-7(4)11-8(10)12-6;2*1-2/h2-3H,1H3,(H2,10,11);2*1-2H3. The number of fused-ring (bicyclic) bond motifs is 1. The van der Waals surface area contributed by atoms with Crippen molar-refractivity contribution in [3.05, 3.63) is 23.5 Å². The molecular weight excluding hydrogens is 223 g/mol. The molecule has 0 amide bonds. The Morgan fingerprint density at radius 2 is 1.75 bits per heavy atom. The van der Waals surface area contributed by atoms with E-state index in [4.69, 9.17) is 5.73 Å². The van der Waals surface area contributed by atoms with Gasteiger partial charge in [-0.15, -0.1) is 0 Å². The number of nitrogens with two attached hydrogens (primary N) is 1. The highest BCUT2D eigenvalue weighted by Gasteiger charge is 2.06. The van der Waals surface area contributed by atoms with Crippen LogP contribution in [0.2, 0.25) is 0 Å². The van der Waals surface area contributed by atoms with Crippen LogP contribution >= 0.6 is 11.3 Å². The summed E-state index contributed by atoms with van der Waals surface area (Å²) in [5.41, 5.74) is 6.74. The van der Waals surface area contributed by atoms with Crippen LogP contribution in [0.1, 0.15) is 33.3 Å². The summed E-state index contributed by atoms with van der Waals surface area (Å²) in [6.45, 7) is 9.71. The average Bonchev–Trinajstić information content (AvgIpc) is 2.71. The van der Waals surface area contributed by atoms with E-state index in [-0.39, 0.29) is 5.82 Å². The van der Waals surface area contributed by atoms with Crippen LogP contribution in [-0.4, -0.2) is 4.98 Å². The molecule has 16 heavy (non-hydrogen) atoms. The van der Waals surface area contributed by atoms with Crippen molar-refractivity contribution in [1.82, 2.24) is 4.98 Å². The molecule has 0 saturated carbocycles. The van der Waals surface area contributed by atoms with E-state index < -0.39 is 0 Å². The van der Waals surface area contributed by atoms with Crippen molar-refractivity contribution in [2.24, 2.45) is 0 Å². The van der Waals surface area contributed by atoms with Gasteiger partial charge in [0.2, 0.25) is 0 Å². The Balaban J connectivity index is 0.000000509. The number of rotatable bonds is 0. The minimum Gasteiger partial charge on any atom is -0.375 e. The van der Waals surface area contributed by atoms with Gasteiger partial charge >= 0.3 is 0 Å². The average molecular weight is 242 g/mol. The number of halogens is 1. The van der Waals surface area contributed by atoms with E-state index >= 15 is 0 Å². The minimum absolute atomic E-state index is 0.229. The quantitative estimate of drug-likeness (QED) is 0.744. The summed E-state index contributed by atoms with van der Waals surface area (Å²) >= 11 is 1.37. The molecular formula is C12H19FN2S. The van der Waals surface area contributed by atoms with Crippen LogP contribution in [0.5, 0.6) is 0 Å². The van der Waals surface area contributed by atoms with Crippen molar-refractivity contribution in [2.45, 2.75) is 34.6 Å². The van der Waals surface area contributed by atoms with Crippen LogP contribution in [0.4, 0.5) is 9.52 Å². The molecule has 0 fully saturated rings. The third kappa shape index (κ3) is 3.17.